The van der Waals surface area contributed by atoms with Crippen molar-refractivity contribution in [1.29, 1.82) is 0 Å². The van der Waals surface area contributed by atoms with E-state index in [9.17, 15) is 9.18 Å². The highest BCUT2D eigenvalue weighted by Gasteiger charge is 2.54. The monoisotopic (exact) mass is 333 g/mol. The van der Waals surface area contributed by atoms with E-state index in [0.29, 0.717) is 11.2 Å². The highest BCUT2D eigenvalue weighted by atomic mass is 32.2. The van der Waals surface area contributed by atoms with Crippen LogP contribution in [0.5, 0.6) is 0 Å². The summed E-state index contributed by atoms with van der Waals surface area (Å²) in [5.41, 5.74) is 1.17. The molecule has 2 heterocycles. The van der Waals surface area contributed by atoms with Crippen molar-refractivity contribution < 1.29 is 4.39 Å². The zero-order chi connectivity index (χ0) is 14.8. The lowest BCUT2D eigenvalue weighted by Crippen LogP contribution is -2.33. The Morgan fingerprint density at radius 1 is 1.14 bits per heavy atom. The first-order valence-electron chi connectivity index (χ1n) is 7.86. The summed E-state index contributed by atoms with van der Waals surface area (Å²) in [6, 6.07) is 6.92. The summed E-state index contributed by atoms with van der Waals surface area (Å²) in [4.78, 5) is 16.1. The largest absolute Gasteiger partial charge is 0.307 e. The predicted molar refractivity (Wildman–Crippen MR) is 87.1 cm³/mol. The Labute approximate surface area is 136 Å². The average Bonchev–Trinajstić information content (AvgIpc) is 3.19. The van der Waals surface area contributed by atoms with Crippen molar-refractivity contribution in [3.8, 4) is 0 Å². The maximum atomic E-state index is 13.3. The lowest BCUT2D eigenvalue weighted by molar-refractivity contribution is 0.307. The number of halogens is 1. The summed E-state index contributed by atoms with van der Waals surface area (Å²) in [5, 5.41) is 1.68. The summed E-state index contributed by atoms with van der Waals surface area (Å²) in [5.74, 6) is 2.23. The fourth-order valence-electron chi connectivity index (χ4n) is 4.89. The average molecular weight is 333 g/mol. The van der Waals surface area contributed by atoms with Gasteiger partial charge in [-0.25, -0.2) is 4.39 Å². The molecule has 2 bridgehead atoms. The second-order valence-electron chi connectivity index (χ2n) is 6.73. The van der Waals surface area contributed by atoms with E-state index in [1.807, 2.05) is 23.9 Å². The van der Waals surface area contributed by atoms with Crippen molar-refractivity contribution in [2.45, 2.75) is 35.5 Å². The number of H-pyrrole nitrogens is 1. The third kappa shape index (κ3) is 1.81. The Kier molecular flexibility index (Phi) is 2.87. The first-order chi connectivity index (χ1) is 10.7. The van der Waals surface area contributed by atoms with E-state index in [0.717, 1.165) is 16.9 Å². The first-order valence-corrected chi connectivity index (χ1v) is 9.55. The summed E-state index contributed by atoms with van der Waals surface area (Å²) >= 11 is 3.24. The third-order valence-corrected chi connectivity index (χ3v) is 8.32. The number of aromatic amines is 1. The molecule has 2 aromatic rings. The van der Waals surface area contributed by atoms with Gasteiger partial charge in [-0.1, -0.05) is 23.5 Å². The number of fused-ring (bicyclic) bond motifs is 6. The van der Waals surface area contributed by atoms with Crippen molar-refractivity contribution in [3.63, 3.8) is 0 Å². The van der Waals surface area contributed by atoms with Crippen molar-refractivity contribution >= 4 is 23.1 Å². The molecular formula is C17H16FNOS2. The topological polar surface area (TPSA) is 32.9 Å². The SMILES string of the molecule is O=c1[nH]c2c(s1)[C@@H](c1ccc(F)cc1)[C@H]1[C@@H]3CC[C@@H](C3)[C@H]1S2. The highest BCUT2D eigenvalue weighted by Crippen LogP contribution is 2.63. The second-order valence-corrected chi connectivity index (χ2v) is 8.93. The third-order valence-electron chi connectivity index (χ3n) is 5.69. The van der Waals surface area contributed by atoms with Crippen LogP contribution in [0.25, 0.3) is 0 Å². The molecule has 0 saturated heterocycles. The van der Waals surface area contributed by atoms with Gasteiger partial charge < -0.3 is 4.98 Å². The van der Waals surface area contributed by atoms with Gasteiger partial charge in [0.2, 0.25) is 0 Å². The van der Waals surface area contributed by atoms with Gasteiger partial charge in [0.15, 0.2) is 0 Å². The molecule has 1 aliphatic heterocycles. The molecule has 2 saturated carbocycles. The number of rotatable bonds is 1. The Hall–Kier alpha value is -1.07. The van der Waals surface area contributed by atoms with Crippen LogP contribution in [0.2, 0.25) is 0 Å². The van der Waals surface area contributed by atoms with Crippen LogP contribution in [-0.4, -0.2) is 10.2 Å². The number of benzene rings is 1. The molecule has 2 nitrogen and oxygen atoms in total. The minimum absolute atomic E-state index is 0.0388. The van der Waals surface area contributed by atoms with Gasteiger partial charge in [0.25, 0.3) is 0 Å². The zero-order valence-corrected chi connectivity index (χ0v) is 13.6. The van der Waals surface area contributed by atoms with Gasteiger partial charge in [0.05, 0.1) is 5.03 Å². The standard InChI is InChI=1S/C17H16FNOS2/c18-11-5-3-8(4-6-11)12-13-9-1-2-10(7-9)14(13)21-16-15(12)22-17(20)19-16/h3-6,9-10,12-14H,1-2,7H2,(H,19,20)/t9-,10+,12+,13-,14-/m1/s1. The molecule has 1 aromatic carbocycles. The van der Waals surface area contributed by atoms with Gasteiger partial charge in [-0.3, -0.25) is 4.79 Å². The zero-order valence-electron chi connectivity index (χ0n) is 11.9. The Bertz CT molecular complexity index is 781. The summed E-state index contributed by atoms with van der Waals surface area (Å²) in [6.45, 7) is 0. The van der Waals surface area contributed by atoms with Crippen molar-refractivity contribution in [2.24, 2.45) is 17.8 Å². The molecule has 0 amide bonds. The highest BCUT2D eigenvalue weighted by molar-refractivity contribution is 8.00. The van der Waals surface area contributed by atoms with Crippen LogP contribution >= 0.6 is 23.1 Å². The Balaban J connectivity index is 1.68. The number of thioether (sulfide) groups is 1. The van der Waals surface area contributed by atoms with E-state index in [4.69, 9.17) is 0 Å². The molecule has 2 fully saturated rings. The number of thiazole rings is 1. The lowest BCUT2D eigenvalue weighted by atomic mass is 9.75. The van der Waals surface area contributed by atoms with E-state index in [-0.39, 0.29) is 16.6 Å². The van der Waals surface area contributed by atoms with E-state index in [1.54, 1.807) is 12.1 Å². The molecule has 1 aromatic heterocycles. The molecule has 114 valence electrons. The van der Waals surface area contributed by atoms with E-state index in [2.05, 4.69) is 4.98 Å². The van der Waals surface area contributed by atoms with Crippen LogP contribution in [0, 0.1) is 23.6 Å². The van der Waals surface area contributed by atoms with Crippen molar-refractivity contribution in [2.75, 3.05) is 0 Å². The Morgan fingerprint density at radius 2 is 1.91 bits per heavy atom. The lowest BCUT2D eigenvalue weighted by Gasteiger charge is -2.40. The van der Waals surface area contributed by atoms with Crippen LogP contribution in [0.1, 0.15) is 35.6 Å². The molecule has 5 atom stereocenters. The van der Waals surface area contributed by atoms with Crippen LogP contribution < -0.4 is 4.87 Å². The van der Waals surface area contributed by atoms with Crippen LogP contribution in [-0.2, 0) is 0 Å². The molecule has 5 heteroatoms. The predicted octanol–water partition coefficient (Wildman–Crippen LogP) is 4.23. The molecule has 0 unspecified atom stereocenters. The number of nitrogens with one attached hydrogen (secondary N) is 1. The fraction of sp³-hybridized carbons (Fsp3) is 0.471. The summed E-state index contributed by atoms with van der Waals surface area (Å²) in [6.07, 6.45) is 3.98. The maximum Gasteiger partial charge on any atom is 0.305 e. The molecule has 22 heavy (non-hydrogen) atoms. The normalized spacial score (nSPS) is 35.4. The Morgan fingerprint density at radius 3 is 2.73 bits per heavy atom. The van der Waals surface area contributed by atoms with Crippen LogP contribution in [0.4, 0.5) is 4.39 Å². The molecule has 1 N–H and O–H groups in total. The molecular weight excluding hydrogens is 317 g/mol. The van der Waals surface area contributed by atoms with Gasteiger partial charge in [-0.05, 0) is 54.7 Å². The van der Waals surface area contributed by atoms with Gasteiger partial charge in [0.1, 0.15) is 5.82 Å². The minimum atomic E-state index is -0.194. The van der Waals surface area contributed by atoms with Crippen LogP contribution in [0.3, 0.4) is 0 Å². The van der Waals surface area contributed by atoms with Crippen LogP contribution in [0.15, 0.2) is 34.1 Å². The molecule has 0 radical (unpaired) electrons. The van der Waals surface area contributed by atoms with Gasteiger partial charge in [-0.15, -0.1) is 11.8 Å². The maximum absolute atomic E-state index is 13.3. The molecule has 5 rings (SSSR count). The second kappa shape index (κ2) is 4.71. The van der Waals surface area contributed by atoms with E-state index in [1.165, 1.54) is 41.0 Å². The van der Waals surface area contributed by atoms with Crippen molar-refractivity contribution in [1.82, 2.24) is 4.98 Å². The first kappa shape index (κ1) is 13.4. The number of aromatic nitrogens is 1. The van der Waals surface area contributed by atoms with Gasteiger partial charge >= 0.3 is 4.87 Å². The van der Waals surface area contributed by atoms with Gasteiger partial charge in [0, 0.05) is 16.0 Å². The fourth-order valence-corrected chi connectivity index (χ4v) is 7.79. The van der Waals surface area contributed by atoms with Gasteiger partial charge in [-0.2, -0.15) is 0 Å². The molecule has 0 spiro atoms. The summed E-state index contributed by atoms with van der Waals surface area (Å²) < 4.78 is 13.3. The van der Waals surface area contributed by atoms with Crippen molar-refractivity contribution in [3.05, 3.63) is 50.2 Å². The molecule has 2 aliphatic carbocycles. The van der Waals surface area contributed by atoms with E-state index < -0.39 is 0 Å². The number of hydrogen-bond acceptors (Lipinski definition) is 3. The molecule has 3 aliphatic rings. The minimum Gasteiger partial charge on any atom is -0.307 e. The number of hydrogen-bond donors (Lipinski definition) is 1. The summed E-state index contributed by atoms with van der Waals surface area (Å²) in [7, 11) is 0. The smallest absolute Gasteiger partial charge is 0.305 e. The van der Waals surface area contributed by atoms with E-state index >= 15 is 0 Å². The quantitative estimate of drug-likeness (QED) is 0.847.